The van der Waals surface area contributed by atoms with Crippen LogP contribution in [-0.2, 0) is 17.4 Å². The van der Waals surface area contributed by atoms with E-state index >= 15 is 0 Å². The number of carbonyl (C=O) groups is 1. The van der Waals surface area contributed by atoms with Crippen LogP contribution in [0.25, 0.3) is 6.08 Å². The Bertz CT molecular complexity index is 1290. The van der Waals surface area contributed by atoms with Gasteiger partial charge in [-0.1, -0.05) is 71.4 Å². The summed E-state index contributed by atoms with van der Waals surface area (Å²) in [5.74, 6) is 5.98. The number of rotatable bonds is 2. The van der Waals surface area contributed by atoms with E-state index in [1.165, 1.54) is 0 Å². The molecule has 31 heavy (non-hydrogen) atoms. The van der Waals surface area contributed by atoms with Gasteiger partial charge in [0.05, 0.1) is 15.7 Å². The monoisotopic (exact) mass is 465 g/mol. The fraction of sp³-hybridized carbons (Fsp3) is 0.0800. The number of nitrogens with zero attached hydrogens (tertiary/aromatic N) is 1. The van der Waals surface area contributed by atoms with Gasteiger partial charge in [-0.15, -0.1) is 0 Å². The number of allylic oxidation sites excluding steroid dienone is 1. The molecule has 0 aliphatic carbocycles. The summed E-state index contributed by atoms with van der Waals surface area (Å²) in [6.45, 7) is 0. The van der Waals surface area contributed by atoms with Crippen molar-refractivity contribution in [2.45, 2.75) is 6.42 Å². The first-order valence-electron chi connectivity index (χ1n) is 9.48. The number of hydrogen-bond acceptors (Lipinski definition) is 2. The van der Waals surface area contributed by atoms with Gasteiger partial charge in [-0.2, -0.15) is 0 Å². The molecule has 1 aliphatic heterocycles. The highest BCUT2D eigenvalue weighted by molar-refractivity contribution is 7.91. The first-order valence-corrected chi connectivity index (χ1v) is 11.3. The summed E-state index contributed by atoms with van der Waals surface area (Å²) in [6, 6.07) is 20.4. The van der Waals surface area contributed by atoms with Gasteiger partial charge in [0.1, 0.15) is 4.91 Å². The summed E-state index contributed by atoms with van der Waals surface area (Å²) in [5, 5.41) is 0.788. The number of hydrogen-bond donors (Lipinski definition) is 0. The van der Waals surface area contributed by atoms with Crippen molar-refractivity contribution in [2.75, 3.05) is 11.4 Å². The molecule has 1 atom stereocenters. The number of halogens is 2. The van der Waals surface area contributed by atoms with E-state index in [0.717, 1.165) is 11.1 Å². The summed E-state index contributed by atoms with van der Waals surface area (Å²) in [6.07, 6.45) is 2.21. The Hall–Kier alpha value is -2.84. The van der Waals surface area contributed by atoms with Gasteiger partial charge >= 0.3 is 0 Å². The van der Waals surface area contributed by atoms with E-state index in [-0.39, 0.29) is 10.7 Å². The van der Waals surface area contributed by atoms with Crippen LogP contribution in [0.4, 0.5) is 5.69 Å². The molecule has 0 saturated heterocycles. The van der Waals surface area contributed by atoms with Crippen molar-refractivity contribution in [1.82, 2.24) is 0 Å². The van der Waals surface area contributed by atoms with Crippen molar-refractivity contribution in [3.8, 4) is 11.8 Å². The van der Waals surface area contributed by atoms with Gasteiger partial charge in [0.2, 0.25) is 5.78 Å². The summed E-state index contributed by atoms with van der Waals surface area (Å²) in [5.41, 5.74) is 3.61. The summed E-state index contributed by atoms with van der Waals surface area (Å²) >= 11 is 12.0. The molecule has 1 aliphatic rings. The molecule has 1 heterocycles. The molecule has 0 spiro atoms. The van der Waals surface area contributed by atoms with Crippen LogP contribution in [-0.4, -0.2) is 17.0 Å². The van der Waals surface area contributed by atoms with E-state index in [0.29, 0.717) is 33.3 Å². The molecular formula is C25H17Cl2NO2S. The molecule has 4 rings (SSSR count). The molecule has 0 N–H and O–H groups in total. The lowest BCUT2D eigenvalue weighted by Gasteiger charge is -2.27. The fourth-order valence-electron chi connectivity index (χ4n) is 3.23. The van der Waals surface area contributed by atoms with Gasteiger partial charge in [-0.3, -0.25) is 9.10 Å². The van der Waals surface area contributed by atoms with Gasteiger partial charge < -0.3 is 0 Å². The predicted octanol–water partition coefficient (Wildman–Crippen LogP) is 5.92. The van der Waals surface area contributed by atoms with Crippen LogP contribution in [0.2, 0.25) is 10.0 Å². The second kappa shape index (κ2) is 9.11. The molecule has 0 aromatic heterocycles. The zero-order valence-electron chi connectivity index (χ0n) is 16.6. The molecular weight excluding hydrogens is 449 g/mol. The maximum Gasteiger partial charge on any atom is 0.205 e. The zero-order valence-corrected chi connectivity index (χ0v) is 18.9. The molecule has 0 bridgehead atoms. The third kappa shape index (κ3) is 4.60. The van der Waals surface area contributed by atoms with Crippen LogP contribution in [0, 0.1) is 11.8 Å². The Morgan fingerprint density at radius 3 is 2.52 bits per heavy atom. The van der Waals surface area contributed by atoms with Crippen molar-refractivity contribution < 1.29 is 9.00 Å². The molecule has 3 aromatic carbocycles. The second-order valence-corrected chi connectivity index (χ2v) is 9.25. The van der Waals surface area contributed by atoms with Gasteiger partial charge in [-0.25, -0.2) is 4.21 Å². The van der Waals surface area contributed by atoms with Gasteiger partial charge in [0.25, 0.3) is 0 Å². The average Bonchev–Trinajstić information content (AvgIpc) is 2.78. The minimum Gasteiger partial charge on any atom is -0.290 e. The molecule has 3 nitrogen and oxygen atoms in total. The van der Waals surface area contributed by atoms with E-state index in [1.54, 1.807) is 47.8 Å². The minimum atomic E-state index is -1.63. The van der Waals surface area contributed by atoms with Gasteiger partial charge in [0.15, 0.2) is 11.0 Å². The van der Waals surface area contributed by atoms with Crippen LogP contribution in [0.15, 0.2) is 71.6 Å². The number of ketones is 1. The molecule has 0 amide bonds. The molecule has 0 saturated carbocycles. The lowest BCUT2D eigenvalue weighted by molar-refractivity contribution is 0.104. The Labute approximate surface area is 193 Å². The maximum atomic E-state index is 13.2. The Morgan fingerprint density at radius 2 is 1.77 bits per heavy atom. The highest BCUT2D eigenvalue weighted by Gasteiger charge is 2.32. The average molecular weight is 466 g/mol. The van der Waals surface area contributed by atoms with Crippen molar-refractivity contribution in [3.05, 3.63) is 104 Å². The minimum absolute atomic E-state index is 0.183. The topological polar surface area (TPSA) is 37.4 Å². The third-order valence-electron chi connectivity index (χ3n) is 4.85. The molecule has 3 aromatic rings. The third-order valence-corrected chi connectivity index (χ3v) is 6.96. The van der Waals surface area contributed by atoms with E-state index in [1.807, 2.05) is 36.4 Å². The van der Waals surface area contributed by atoms with Crippen LogP contribution < -0.4 is 4.31 Å². The number of fused-ring (bicyclic) bond motifs is 1. The largest absolute Gasteiger partial charge is 0.290 e. The SMILES string of the molecule is CN1c2ccc(C#CCc3ccccc3)cc2C(=O)/C(=C/c2ccc(Cl)c(Cl)c2)S1=O. The fourth-order valence-corrected chi connectivity index (χ4v) is 4.68. The zero-order chi connectivity index (χ0) is 22.0. The Balaban J connectivity index is 1.67. The van der Waals surface area contributed by atoms with Gasteiger partial charge in [0, 0.05) is 24.6 Å². The Morgan fingerprint density at radius 1 is 1.00 bits per heavy atom. The van der Waals surface area contributed by atoms with E-state index < -0.39 is 11.0 Å². The van der Waals surface area contributed by atoms with Crippen LogP contribution in [0.3, 0.4) is 0 Å². The van der Waals surface area contributed by atoms with Crippen molar-refractivity contribution in [3.63, 3.8) is 0 Å². The van der Waals surface area contributed by atoms with Crippen LogP contribution in [0.5, 0.6) is 0 Å². The Kier molecular flexibility index (Phi) is 6.29. The number of Topliss-reactive ketones (excluding diaryl/α,β-unsaturated/α-hetero) is 1. The predicted molar refractivity (Wildman–Crippen MR) is 129 cm³/mol. The van der Waals surface area contributed by atoms with Crippen molar-refractivity contribution >= 4 is 51.7 Å². The summed E-state index contributed by atoms with van der Waals surface area (Å²) < 4.78 is 14.5. The highest BCUT2D eigenvalue weighted by Crippen LogP contribution is 2.34. The number of anilines is 1. The molecule has 6 heteroatoms. The van der Waals surface area contributed by atoms with Crippen molar-refractivity contribution in [1.29, 1.82) is 0 Å². The lowest BCUT2D eigenvalue weighted by Crippen LogP contribution is -2.31. The summed E-state index contributed by atoms with van der Waals surface area (Å²) in [4.78, 5) is 13.4. The van der Waals surface area contributed by atoms with E-state index in [9.17, 15) is 9.00 Å². The standard InChI is InChI=1S/C25H17Cl2NO2S/c1-28-23-13-11-18(9-5-8-17-6-3-2-4-7-17)14-20(23)25(29)24(31(28)30)16-19-10-12-21(26)22(27)15-19/h2-4,6-7,10-16H,8H2,1H3/b24-16-. The first kappa shape index (κ1) is 21.4. The maximum absolute atomic E-state index is 13.2. The van der Waals surface area contributed by atoms with Crippen molar-refractivity contribution in [2.24, 2.45) is 0 Å². The normalized spacial score (nSPS) is 16.6. The molecule has 0 fully saturated rings. The smallest absolute Gasteiger partial charge is 0.205 e. The molecule has 1 unspecified atom stereocenters. The highest BCUT2D eigenvalue weighted by atomic mass is 35.5. The lowest BCUT2D eigenvalue weighted by atomic mass is 10.0. The van der Waals surface area contributed by atoms with Crippen LogP contribution in [0.1, 0.15) is 27.0 Å². The number of benzene rings is 3. The van der Waals surface area contributed by atoms with E-state index in [4.69, 9.17) is 23.2 Å². The van der Waals surface area contributed by atoms with Gasteiger partial charge in [-0.05, 0) is 47.5 Å². The van der Waals surface area contributed by atoms with E-state index in [2.05, 4.69) is 11.8 Å². The first-order chi connectivity index (χ1) is 14.9. The van der Waals surface area contributed by atoms with Crippen LogP contribution >= 0.6 is 23.2 Å². The summed E-state index contributed by atoms with van der Waals surface area (Å²) in [7, 11) is 0.0685. The molecule has 0 radical (unpaired) electrons. The second-order valence-electron chi connectivity index (χ2n) is 6.95. The molecule has 154 valence electrons. The number of carbonyl (C=O) groups excluding carboxylic acids is 1. The quantitative estimate of drug-likeness (QED) is 0.347.